The topological polar surface area (TPSA) is 35.6 Å². The van der Waals surface area contributed by atoms with Crippen LogP contribution in [0.2, 0.25) is 5.02 Å². The van der Waals surface area contributed by atoms with Crippen LogP contribution in [0.15, 0.2) is 24.3 Å². The second-order valence-electron chi connectivity index (χ2n) is 6.59. The third kappa shape index (κ3) is 6.13. The van der Waals surface area contributed by atoms with Gasteiger partial charge >= 0.3 is 0 Å². The number of hydrogen-bond acceptors (Lipinski definition) is 3. The molecule has 1 aliphatic rings. The minimum absolute atomic E-state index is 0.164. The second-order valence-corrected chi connectivity index (χ2v) is 7.00. The summed E-state index contributed by atoms with van der Waals surface area (Å²) < 4.78 is 0. The molecule has 1 aliphatic heterocycles. The Labute approximate surface area is 144 Å². The van der Waals surface area contributed by atoms with Gasteiger partial charge in [0.05, 0.1) is 0 Å². The first-order chi connectivity index (χ1) is 11.1. The highest BCUT2D eigenvalue weighted by Gasteiger charge is 2.24. The molecule has 0 aromatic heterocycles. The number of carbonyl (C=O) groups excluding carboxylic acids is 1. The van der Waals surface area contributed by atoms with Crippen LogP contribution in [0.1, 0.15) is 24.8 Å². The molecule has 4 nitrogen and oxygen atoms in total. The fraction of sp³-hybridized carbons (Fsp3) is 0.611. The van der Waals surface area contributed by atoms with Crippen molar-refractivity contribution >= 4 is 17.5 Å². The summed E-state index contributed by atoms with van der Waals surface area (Å²) in [5.74, 6) is 0.387. The molecule has 1 N–H and O–H groups in total. The number of rotatable bonds is 7. The zero-order valence-electron chi connectivity index (χ0n) is 14.2. The van der Waals surface area contributed by atoms with E-state index in [0.717, 1.165) is 57.0 Å². The average Bonchev–Trinajstić information content (AvgIpc) is 2.54. The van der Waals surface area contributed by atoms with Crippen molar-refractivity contribution in [2.75, 3.05) is 40.3 Å². The molecule has 2 rings (SSSR count). The van der Waals surface area contributed by atoms with Crippen molar-refractivity contribution in [3.8, 4) is 0 Å². The highest BCUT2D eigenvalue weighted by atomic mass is 35.5. The maximum atomic E-state index is 12.2. The molecule has 0 atom stereocenters. The van der Waals surface area contributed by atoms with Gasteiger partial charge in [0.1, 0.15) is 0 Å². The minimum Gasteiger partial charge on any atom is -0.356 e. The van der Waals surface area contributed by atoms with Gasteiger partial charge in [0.2, 0.25) is 5.91 Å². The lowest BCUT2D eigenvalue weighted by Crippen LogP contribution is -2.40. The normalized spacial score (nSPS) is 16.7. The maximum Gasteiger partial charge on any atom is 0.223 e. The number of nitrogens with zero attached hydrogens (tertiary/aromatic N) is 2. The summed E-state index contributed by atoms with van der Waals surface area (Å²) >= 11 is 6.22. The molecule has 0 spiro atoms. The van der Waals surface area contributed by atoms with E-state index >= 15 is 0 Å². The van der Waals surface area contributed by atoms with Crippen LogP contribution in [0.3, 0.4) is 0 Å². The van der Waals surface area contributed by atoms with Crippen molar-refractivity contribution in [1.82, 2.24) is 15.1 Å². The molecule has 1 heterocycles. The molecule has 1 fully saturated rings. The van der Waals surface area contributed by atoms with Crippen molar-refractivity contribution < 1.29 is 4.79 Å². The van der Waals surface area contributed by atoms with E-state index in [1.807, 2.05) is 18.2 Å². The van der Waals surface area contributed by atoms with Crippen molar-refractivity contribution in [2.24, 2.45) is 5.92 Å². The Kier molecular flexibility index (Phi) is 7.34. The van der Waals surface area contributed by atoms with Crippen LogP contribution < -0.4 is 5.32 Å². The van der Waals surface area contributed by atoms with Crippen LogP contribution >= 0.6 is 11.6 Å². The van der Waals surface area contributed by atoms with E-state index in [4.69, 9.17) is 11.6 Å². The largest absolute Gasteiger partial charge is 0.356 e. The number of hydrogen-bond donors (Lipinski definition) is 1. The second kappa shape index (κ2) is 9.26. The summed E-state index contributed by atoms with van der Waals surface area (Å²) in [6.07, 6.45) is 2.87. The molecular weight excluding hydrogens is 310 g/mol. The molecule has 0 aliphatic carbocycles. The molecular formula is C18H28ClN3O. The zero-order chi connectivity index (χ0) is 16.7. The summed E-state index contributed by atoms with van der Waals surface area (Å²) in [6.45, 7) is 4.58. The van der Waals surface area contributed by atoms with Gasteiger partial charge < -0.3 is 10.2 Å². The van der Waals surface area contributed by atoms with Gasteiger partial charge in [-0.25, -0.2) is 0 Å². The smallest absolute Gasteiger partial charge is 0.223 e. The lowest BCUT2D eigenvalue weighted by molar-refractivity contribution is -0.126. The van der Waals surface area contributed by atoms with Gasteiger partial charge in [-0.15, -0.1) is 0 Å². The average molecular weight is 338 g/mol. The van der Waals surface area contributed by atoms with Crippen molar-refractivity contribution in [1.29, 1.82) is 0 Å². The van der Waals surface area contributed by atoms with Crippen LogP contribution in [-0.2, 0) is 11.3 Å². The van der Waals surface area contributed by atoms with Crippen LogP contribution in [0.5, 0.6) is 0 Å². The van der Waals surface area contributed by atoms with E-state index in [2.05, 4.69) is 35.3 Å². The molecule has 0 radical (unpaired) electrons. The van der Waals surface area contributed by atoms with Crippen LogP contribution in [-0.4, -0.2) is 56.0 Å². The van der Waals surface area contributed by atoms with Gasteiger partial charge in [-0.3, -0.25) is 9.69 Å². The van der Waals surface area contributed by atoms with Gasteiger partial charge in [0, 0.05) is 24.0 Å². The fourth-order valence-electron chi connectivity index (χ4n) is 2.97. The first kappa shape index (κ1) is 18.2. The molecule has 5 heteroatoms. The molecule has 128 valence electrons. The quantitative estimate of drug-likeness (QED) is 0.777. The molecule has 1 aromatic rings. The summed E-state index contributed by atoms with van der Waals surface area (Å²) in [4.78, 5) is 16.7. The number of benzene rings is 1. The van der Waals surface area contributed by atoms with E-state index in [1.54, 1.807) is 0 Å². The van der Waals surface area contributed by atoms with E-state index in [-0.39, 0.29) is 11.8 Å². The number of amides is 1. The Hall–Kier alpha value is -1.10. The number of likely N-dealkylation sites (tertiary alicyclic amines) is 1. The molecule has 0 bridgehead atoms. The predicted molar refractivity (Wildman–Crippen MR) is 95.6 cm³/mol. The van der Waals surface area contributed by atoms with Crippen molar-refractivity contribution in [3.63, 3.8) is 0 Å². The van der Waals surface area contributed by atoms with Gasteiger partial charge in [0.25, 0.3) is 0 Å². The Morgan fingerprint density at radius 1 is 1.30 bits per heavy atom. The summed E-state index contributed by atoms with van der Waals surface area (Å²) in [7, 11) is 4.10. The summed E-state index contributed by atoms with van der Waals surface area (Å²) in [5, 5.41) is 3.90. The third-order valence-corrected chi connectivity index (χ3v) is 4.76. The minimum atomic E-state index is 0.164. The monoisotopic (exact) mass is 337 g/mol. The van der Waals surface area contributed by atoms with Gasteiger partial charge in [-0.05, 0) is 64.6 Å². The summed E-state index contributed by atoms with van der Waals surface area (Å²) in [6, 6.07) is 7.99. The number of carbonyl (C=O) groups is 1. The van der Waals surface area contributed by atoms with Gasteiger partial charge in [0.15, 0.2) is 0 Å². The predicted octanol–water partition coefficient (Wildman–Crippen LogP) is 2.62. The maximum absolute atomic E-state index is 12.2. The molecule has 0 unspecified atom stereocenters. The molecule has 23 heavy (non-hydrogen) atoms. The standard InChI is InChI=1S/C18H28ClN3O/c1-21(2)11-5-10-20-18(23)15-8-12-22(13-9-15)14-16-6-3-4-7-17(16)19/h3-4,6-7,15H,5,8-14H2,1-2H3,(H,20,23). The number of piperidine rings is 1. The Morgan fingerprint density at radius 3 is 2.65 bits per heavy atom. The lowest BCUT2D eigenvalue weighted by atomic mass is 9.95. The van der Waals surface area contributed by atoms with Gasteiger partial charge in [-0.1, -0.05) is 29.8 Å². The van der Waals surface area contributed by atoms with E-state index in [1.165, 1.54) is 5.56 Å². The number of nitrogens with one attached hydrogen (secondary N) is 1. The van der Waals surface area contributed by atoms with E-state index in [0.29, 0.717) is 0 Å². The Morgan fingerprint density at radius 2 is 2.00 bits per heavy atom. The first-order valence-corrected chi connectivity index (χ1v) is 8.82. The highest BCUT2D eigenvalue weighted by molar-refractivity contribution is 6.31. The van der Waals surface area contributed by atoms with Crippen molar-refractivity contribution in [3.05, 3.63) is 34.9 Å². The zero-order valence-corrected chi connectivity index (χ0v) is 15.0. The lowest BCUT2D eigenvalue weighted by Gasteiger charge is -2.31. The molecule has 1 saturated heterocycles. The van der Waals surface area contributed by atoms with Crippen LogP contribution in [0, 0.1) is 5.92 Å². The van der Waals surface area contributed by atoms with Crippen LogP contribution in [0.25, 0.3) is 0 Å². The Balaban J connectivity index is 1.69. The van der Waals surface area contributed by atoms with E-state index in [9.17, 15) is 4.79 Å². The van der Waals surface area contributed by atoms with Crippen molar-refractivity contribution in [2.45, 2.75) is 25.8 Å². The molecule has 0 saturated carbocycles. The fourth-order valence-corrected chi connectivity index (χ4v) is 3.17. The first-order valence-electron chi connectivity index (χ1n) is 8.44. The third-order valence-electron chi connectivity index (χ3n) is 4.39. The summed E-state index contributed by atoms with van der Waals surface area (Å²) in [5.41, 5.74) is 1.17. The molecule has 1 aromatic carbocycles. The Bertz CT molecular complexity index is 499. The van der Waals surface area contributed by atoms with E-state index < -0.39 is 0 Å². The van der Waals surface area contributed by atoms with Crippen LogP contribution in [0.4, 0.5) is 0 Å². The highest BCUT2D eigenvalue weighted by Crippen LogP contribution is 2.22. The SMILES string of the molecule is CN(C)CCCNC(=O)C1CCN(Cc2ccccc2Cl)CC1. The molecule has 1 amide bonds. The van der Waals surface area contributed by atoms with Gasteiger partial charge in [-0.2, -0.15) is 0 Å². The number of halogens is 1.